The summed E-state index contributed by atoms with van der Waals surface area (Å²) in [5.41, 5.74) is 8.66. The first-order chi connectivity index (χ1) is 8.85. The number of aryl methyl sites for hydroxylation is 1. The quantitative estimate of drug-likeness (QED) is 0.746. The fourth-order valence-electron chi connectivity index (χ4n) is 2.23. The maximum atomic E-state index is 5.82. The van der Waals surface area contributed by atoms with Gasteiger partial charge in [0.2, 0.25) is 0 Å². The Morgan fingerprint density at radius 1 is 1.26 bits per heavy atom. The van der Waals surface area contributed by atoms with Gasteiger partial charge in [-0.05, 0) is 60.9 Å². The summed E-state index contributed by atoms with van der Waals surface area (Å²) >= 11 is 0. The summed E-state index contributed by atoms with van der Waals surface area (Å²) < 4.78 is 5.82. The van der Waals surface area contributed by atoms with Crippen LogP contribution in [0.15, 0.2) is 18.2 Å². The molecule has 1 rings (SSSR count). The van der Waals surface area contributed by atoms with Gasteiger partial charge in [-0.25, -0.2) is 0 Å². The molecule has 0 bridgehead atoms. The molecule has 0 saturated carbocycles. The van der Waals surface area contributed by atoms with Gasteiger partial charge in [-0.1, -0.05) is 33.8 Å². The van der Waals surface area contributed by atoms with E-state index < -0.39 is 0 Å². The molecule has 0 aromatic heterocycles. The molecule has 19 heavy (non-hydrogen) atoms. The highest BCUT2D eigenvalue weighted by Gasteiger charge is 2.14. The molecule has 0 amide bonds. The number of ether oxygens (including phenoxy) is 1. The van der Waals surface area contributed by atoms with Crippen molar-refractivity contribution in [1.82, 2.24) is 0 Å². The summed E-state index contributed by atoms with van der Waals surface area (Å²) in [7, 11) is 0. The van der Waals surface area contributed by atoms with Gasteiger partial charge in [0.25, 0.3) is 0 Å². The van der Waals surface area contributed by atoms with E-state index in [-0.39, 0.29) is 5.41 Å². The van der Waals surface area contributed by atoms with E-state index in [1.807, 2.05) is 0 Å². The molecule has 1 aromatic carbocycles. The minimum absolute atomic E-state index is 0.223. The predicted molar refractivity (Wildman–Crippen MR) is 82.8 cm³/mol. The van der Waals surface area contributed by atoms with Crippen molar-refractivity contribution in [2.75, 3.05) is 13.2 Å². The molecule has 0 fully saturated rings. The highest BCUT2D eigenvalue weighted by Crippen LogP contribution is 2.24. The van der Waals surface area contributed by atoms with Crippen LogP contribution in [0.4, 0.5) is 0 Å². The van der Waals surface area contributed by atoms with Gasteiger partial charge < -0.3 is 10.5 Å². The van der Waals surface area contributed by atoms with Crippen LogP contribution in [0, 0.1) is 12.3 Å². The van der Waals surface area contributed by atoms with Crippen LogP contribution >= 0.6 is 0 Å². The number of rotatable bonds is 7. The summed E-state index contributed by atoms with van der Waals surface area (Å²) in [5, 5.41) is 0. The first-order valence-corrected chi connectivity index (χ1v) is 7.29. The summed E-state index contributed by atoms with van der Waals surface area (Å²) in [4.78, 5) is 0. The Balaban J connectivity index is 2.44. The largest absolute Gasteiger partial charge is 0.494 e. The average Bonchev–Trinajstić information content (AvgIpc) is 2.34. The van der Waals surface area contributed by atoms with Gasteiger partial charge in [0, 0.05) is 0 Å². The minimum atomic E-state index is 0.223. The van der Waals surface area contributed by atoms with Gasteiger partial charge in [0.15, 0.2) is 0 Å². The fourth-order valence-corrected chi connectivity index (χ4v) is 2.23. The van der Waals surface area contributed by atoms with Crippen LogP contribution in [-0.4, -0.2) is 13.2 Å². The molecular weight excluding hydrogens is 234 g/mol. The zero-order valence-corrected chi connectivity index (χ0v) is 13.1. The van der Waals surface area contributed by atoms with Crippen molar-refractivity contribution < 1.29 is 4.74 Å². The zero-order valence-electron chi connectivity index (χ0n) is 13.1. The van der Waals surface area contributed by atoms with Crippen LogP contribution in [0.3, 0.4) is 0 Å². The van der Waals surface area contributed by atoms with Crippen LogP contribution in [0.5, 0.6) is 5.75 Å². The second-order valence-corrected chi connectivity index (χ2v) is 6.49. The molecule has 0 aliphatic rings. The summed E-state index contributed by atoms with van der Waals surface area (Å²) in [6.07, 6.45) is 2.15. The van der Waals surface area contributed by atoms with Gasteiger partial charge in [0.05, 0.1) is 6.61 Å². The van der Waals surface area contributed by atoms with E-state index >= 15 is 0 Å². The van der Waals surface area contributed by atoms with E-state index in [1.54, 1.807) is 0 Å². The normalized spacial score (nSPS) is 11.9. The molecule has 2 nitrogen and oxygen atoms in total. The Morgan fingerprint density at radius 3 is 2.47 bits per heavy atom. The third kappa shape index (κ3) is 5.23. The maximum absolute atomic E-state index is 5.82. The summed E-state index contributed by atoms with van der Waals surface area (Å²) in [5.74, 6) is 1.55. The molecule has 0 saturated heterocycles. The summed E-state index contributed by atoms with van der Waals surface area (Å²) in [6, 6.07) is 6.40. The third-order valence-electron chi connectivity index (χ3n) is 3.68. The molecular formula is C17H29NO. The van der Waals surface area contributed by atoms with Crippen LogP contribution in [-0.2, 0) is 0 Å². The van der Waals surface area contributed by atoms with Crippen LogP contribution in [0.25, 0.3) is 0 Å². The van der Waals surface area contributed by atoms with Gasteiger partial charge in [-0.15, -0.1) is 0 Å². The van der Waals surface area contributed by atoms with Gasteiger partial charge in [-0.2, -0.15) is 0 Å². The lowest BCUT2D eigenvalue weighted by Crippen LogP contribution is -2.23. The predicted octanol–water partition coefficient (Wildman–Crippen LogP) is 4.26. The zero-order chi connectivity index (χ0) is 14.5. The van der Waals surface area contributed by atoms with E-state index in [1.165, 1.54) is 11.1 Å². The van der Waals surface area contributed by atoms with Crippen molar-refractivity contribution in [3.05, 3.63) is 29.3 Å². The van der Waals surface area contributed by atoms with E-state index in [9.17, 15) is 0 Å². The first kappa shape index (κ1) is 16.0. The lowest BCUT2D eigenvalue weighted by atomic mass is 9.88. The Bertz CT molecular complexity index is 396. The molecule has 0 radical (unpaired) electrons. The monoisotopic (exact) mass is 263 g/mol. The molecule has 2 heteroatoms. The third-order valence-corrected chi connectivity index (χ3v) is 3.68. The second kappa shape index (κ2) is 6.95. The fraction of sp³-hybridized carbons (Fsp3) is 0.647. The molecule has 0 atom stereocenters. The van der Waals surface area contributed by atoms with E-state index in [0.717, 1.165) is 31.7 Å². The smallest absolute Gasteiger partial charge is 0.119 e. The lowest BCUT2D eigenvalue weighted by molar-refractivity contribution is 0.261. The van der Waals surface area contributed by atoms with Crippen molar-refractivity contribution in [3.63, 3.8) is 0 Å². The van der Waals surface area contributed by atoms with Crippen molar-refractivity contribution in [1.29, 1.82) is 0 Å². The molecule has 0 aliphatic heterocycles. The van der Waals surface area contributed by atoms with E-state index in [4.69, 9.17) is 10.5 Å². The Labute approximate surface area is 118 Å². The Hall–Kier alpha value is -1.02. The van der Waals surface area contributed by atoms with Gasteiger partial charge in [0.1, 0.15) is 5.75 Å². The maximum Gasteiger partial charge on any atom is 0.119 e. The SMILES string of the molecule is Cc1cc(OCCCC(C)(C)CN)ccc1C(C)C. The minimum Gasteiger partial charge on any atom is -0.494 e. The lowest BCUT2D eigenvalue weighted by Gasteiger charge is -2.22. The Morgan fingerprint density at radius 2 is 1.95 bits per heavy atom. The number of benzene rings is 1. The number of hydrogen-bond donors (Lipinski definition) is 1. The van der Waals surface area contributed by atoms with E-state index in [2.05, 4.69) is 52.8 Å². The molecule has 1 aromatic rings. The highest BCUT2D eigenvalue weighted by molar-refractivity contribution is 5.36. The van der Waals surface area contributed by atoms with Crippen molar-refractivity contribution >= 4 is 0 Å². The average molecular weight is 263 g/mol. The Kier molecular flexibility index (Phi) is 5.86. The topological polar surface area (TPSA) is 35.2 Å². The number of hydrogen-bond acceptors (Lipinski definition) is 2. The molecule has 0 unspecified atom stereocenters. The van der Waals surface area contributed by atoms with Crippen LogP contribution in [0.1, 0.15) is 57.6 Å². The standard InChI is InChI=1S/C17H29NO/c1-13(2)16-8-7-15(11-14(16)3)19-10-6-9-17(4,5)12-18/h7-8,11,13H,6,9-10,12,18H2,1-5H3. The molecule has 108 valence electrons. The van der Waals surface area contributed by atoms with Crippen molar-refractivity contribution in [3.8, 4) is 5.75 Å². The number of nitrogens with two attached hydrogens (primary N) is 1. The molecule has 0 heterocycles. The summed E-state index contributed by atoms with van der Waals surface area (Å²) in [6.45, 7) is 12.5. The molecule has 0 aliphatic carbocycles. The van der Waals surface area contributed by atoms with Crippen molar-refractivity contribution in [2.45, 2.75) is 53.4 Å². The molecule has 0 spiro atoms. The van der Waals surface area contributed by atoms with Crippen LogP contribution in [0.2, 0.25) is 0 Å². The van der Waals surface area contributed by atoms with E-state index in [0.29, 0.717) is 5.92 Å². The van der Waals surface area contributed by atoms with Crippen LogP contribution < -0.4 is 10.5 Å². The molecule has 2 N–H and O–H groups in total. The first-order valence-electron chi connectivity index (χ1n) is 7.29. The second-order valence-electron chi connectivity index (χ2n) is 6.49. The highest BCUT2D eigenvalue weighted by atomic mass is 16.5. The van der Waals surface area contributed by atoms with Gasteiger partial charge in [-0.3, -0.25) is 0 Å². The van der Waals surface area contributed by atoms with Gasteiger partial charge >= 0.3 is 0 Å². The van der Waals surface area contributed by atoms with Crippen molar-refractivity contribution in [2.24, 2.45) is 11.1 Å².